The molecular weight excluding hydrogens is 381 g/mol. The molecule has 29 heavy (non-hydrogen) atoms. The van der Waals surface area contributed by atoms with Crippen molar-refractivity contribution in [2.75, 3.05) is 25.1 Å². The first-order valence-corrected chi connectivity index (χ1v) is 9.53. The number of anilines is 1. The number of hydrogen-bond donors (Lipinski definition) is 3. The number of aromatic nitrogens is 3. The van der Waals surface area contributed by atoms with Crippen molar-refractivity contribution in [1.82, 2.24) is 20.5 Å². The highest BCUT2D eigenvalue weighted by molar-refractivity contribution is 6.01. The number of amides is 2. The summed E-state index contributed by atoms with van der Waals surface area (Å²) in [5.41, 5.74) is 0.629. The van der Waals surface area contributed by atoms with Gasteiger partial charge in [0.2, 0.25) is 5.82 Å². The van der Waals surface area contributed by atoms with E-state index in [1.807, 2.05) is 0 Å². The number of rotatable bonds is 4. The molecule has 1 aromatic heterocycles. The molecule has 1 fully saturated rings. The largest absolute Gasteiger partial charge is 0.489 e. The average molecular weight is 403 g/mol. The topological polar surface area (TPSA) is 118 Å². The predicted octanol–water partition coefficient (Wildman–Crippen LogP) is 1.35. The Balaban J connectivity index is 1.40. The highest BCUT2D eigenvalue weighted by atomic mass is 19.1. The van der Waals surface area contributed by atoms with Gasteiger partial charge in [-0.3, -0.25) is 9.59 Å². The fourth-order valence-electron chi connectivity index (χ4n) is 3.47. The van der Waals surface area contributed by atoms with Gasteiger partial charge in [-0.05, 0) is 43.4 Å². The maximum atomic E-state index is 14.1. The molecule has 2 amide bonds. The van der Waals surface area contributed by atoms with E-state index < -0.39 is 23.7 Å². The Morgan fingerprint density at radius 2 is 2.21 bits per heavy atom. The minimum absolute atomic E-state index is 0.00770. The lowest BCUT2D eigenvalue weighted by Gasteiger charge is -2.20. The normalized spacial score (nSPS) is 21.5. The number of fused-ring (bicyclic) bond motifs is 1. The Hall–Kier alpha value is -3.01. The second-order valence-corrected chi connectivity index (χ2v) is 7.35. The third-order valence-electron chi connectivity index (χ3n) is 4.96. The Kier molecular flexibility index (Phi) is 5.43. The van der Waals surface area contributed by atoms with Gasteiger partial charge in [-0.25, -0.2) is 4.39 Å². The summed E-state index contributed by atoms with van der Waals surface area (Å²) in [7, 11) is 0. The number of benzene rings is 1. The molecule has 2 aliphatic rings. The zero-order valence-corrected chi connectivity index (χ0v) is 16.0. The van der Waals surface area contributed by atoms with Crippen LogP contribution in [0.5, 0.6) is 5.75 Å². The second kappa shape index (κ2) is 8.16. The molecule has 10 heteroatoms. The van der Waals surface area contributed by atoms with Crippen LogP contribution in [0.15, 0.2) is 12.1 Å². The monoisotopic (exact) mass is 403 g/mol. The zero-order chi connectivity index (χ0) is 20.4. The number of halogens is 1. The van der Waals surface area contributed by atoms with Crippen LogP contribution in [-0.4, -0.2) is 52.9 Å². The Morgan fingerprint density at radius 3 is 3.00 bits per heavy atom. The minimum atomic E-state index is -1.00. The predicted molar refractivity (Wildman–Crippen MR) is 100 cm³/mol. The molecule has 1 saturated heterocycles. The third-order valence-corrected chi connectivity index (χ3v) is 4.96. The van der Waals surface area contributed by atoms with E-state index >= 15 is 0 Å². The van der Waals surface area contributed by atoms with Gasteiger partial charge in [0, 0.05) is 19.6 Å². The van der Waals surface area contributed by atoms with Crippen LogP contribution in [0.25, 0.3) is 0 Å². The van der Waals surface area contributed by atoms with E-state index in [9.17, 15) is 14.0 Å². The van der Waals surface area contributed by atoms with Gasteiger partial charge in [-0.15, -0.1) is 10.2 Å². The number of hydrogen-bond acceptors (Lipinski definition) is 6. The lowest BCUT2D eigenvalue weighted by Crippen LogP contribution is -2.46. The maximum absolute atomic E-state index is 14.1. The fourth-order valence-corrected chi connectivity index (χ4v) is 3.47. The van der Waals surface area contributed by atoms with Crippen molar-refractivity contribution in [3.05, 3.63) is 35.2 Å². The number of nitrogens with zero attached hydrogens (tertiary/aromatic N) is 2. The van der Waals surface area contributed by atoms with E-state index in [-0.39, 0.29) is 23.9 Å². The molecule has 0 bridgehead atoms. The highest BCUT2D eigenvalue weighted by Crippen LogP contribution is 2.31. The van der Waals surface area contributed by atoms with Gasteiger partial charge >= 0.3 is 0 Å². The standard InChI is InChI=1S/C19H22FN5O4/c1-10-5-12(20)16-14(6-10)29-9-13(18(26)23-16)21-19(27)17-22-15(24-25-17)7-11-3-2-4-28-8-11/h5-6,11,13H,2-4,7-9H2,1H3,(H,21,27)(H,23,26)(H,22,24,25)/t11?,13-/m0/s1. The molecule has 154 valence electrons. The number of nitrogens with one attached hydrogen (secondary N) is 3. The molecule has 3 N–H and O–H groups in total. The van der Waals surface area contributed by atoms with Crippen molar-refractivity contribution < 1.29 is 23.5 Å². The second-order valence-electron chi connectivity index (χ2n) is 7.35. The Labute approximate surface area is 166 Å². The van der Waals surface area contributed by atoms with Gasteiger partial charge in [-0.2, -0.15) is 0 Å². The van der Waals surface area contributed by atoms with E-state index in [1.165, 1.54) is 6.07 Å². The van der Waals surface area contributed by atoms with E-state index in [2.05, 4.69) is 25.8 Å². The quantitative estimate of drug-likeness (QED) is 0.709. The maximum Gasteiger partial charge on any atom is 0.289 e. The van der Waals surface area contributed by atoms with Gasteiger partial charge < -0.3 is 25.1 Å². The van der Waals surface area contributed by atoms with Crippen molar-refractivity contribution in [2.45, 2.75) is 32.2 Å². The van der Waals surface area contributed by atoms with E-state index in [0.717, 1.165) is 19.4 Å². The van der Waals surface area contributed by atoms with Gasteiger partial charge in [0.25, 0.3) is 11.8 Å². The van der Waals surface area contributed by atoms with Crippen molar-refractivity contribution in [1.29, 1.82) is 0 Å². The molecule has 0 radical (unpaired) electrons. The van der Waals surface area contributed by atoms with Crippen molar-refractivity contribution in [3.63, 3.8) is 0 Å². The first-order valence-electron chi connectivity index (χ1n) is 9.53. The lowest BCUT2D eigenvalue weighted by atomic mass is 9.98. The van der Waals surface area contributed by atoms with Crippen LogP contribution in [0.4, 0.5) is 10.1 Å². The van der Waals surface area contributed by atoms with Gasteiger partial charge in [0.05, 0.1) is 0 Å². The number of carbonyl (C=O) groups is 2. The Bertz CT molecular complexity index is 925. The van der Waals surface area contributed by atoms with Crippen LogP contribution >= 0.6 is 0 Å². The molecule has 0 aliphatic carbocycles. The van der Waals surface area contributed by atoms with Crippen LogP contribution in [0.2, 0.25) is 0 Å². The summed E-state index contributed by atoms with van der Waals surface area (Å²) in [6.07, 6.45) is 2.69. The van der Waals surface area contributed by atoms with Gasteiger partial charge in [0.15, 0.2) is 5.82 Å². The molecule has 4 rings (SSSR count). The molecule has 1 aromatic carbocycles. The van der Waals surface area contributed by atoms with Crippen LogP contribution in [-0.2, 0) is 16.0 Å². The SMILES string of the molecule is Cc1cc(F)c2c(c1)OC[C@H](NC(=O)c1nnc(CC3CCCOC3)[nH]1)C(=O)N2. The zero-order valence-electron chi connectivity index (χ0n) is 16.0. The summed E-state index contributed by atoms with van der Waals surface area (Å²) in [6, 6.07) is 1.92. The molecule has 0 saturated carbocycles. The fraction of sp³-hybridized carbons (Fsp3) is 0.474. The third kappa shape index (κ3) is 4.37. The minimum Gasteiger partial charge on any atom is -0.489 e. The number of aromatic amines is 1. The van der Waals surface area contributed by atoms with Crippen LogP contribution in [0.3, 0.4) is 0 Å². The number of aryl methyl sites for hydroxylation is 1. The average Bonchev–Trinajstić information content (AvgIpc) is 3.10. The summed E-state index contributed by atoms with van der Waals surface area (Å²) in [6.45, 7) is 3.03. The summed E-state index contributed by atoms with van der Waals surface area (Å²) in [5.74, 6) is -0.582. The van der Waals surface area contributed by atoms with Crippen molar-refractivity contribution in [3.8, 4) is 5.75 Å². The van der Waals surface area contributed by atoms with Crippen molar-refractivity contribution in [2.24, 2.45) is 5.92 Å². The molecule has 2 aromatic rings. The number of ether oxygens (including phenoxy) is 2. The highest BCUT2D eigenvalue weighted by Gasteiger charge is 2.29. The van der Waals surface area contributed by atoms with Gasteiger partial charge in [-0.1, -0.05) is 0 Å². The van der Waals surface area contributed by atoms with Crippen LogP contribution in [0.1, 0.15) is 34.8 Å². The summed E-state index contributed by atoms with van der Waals surface area (Å²) >= 11 is 0. The summed E-state index contributed by atoms with van der Waals surface area (Å²) in [4.78, 5) is 27.8. The Morgan fingerprint density at radius 1 is 1.34 bits per heavy atom. The molecule has 9 nitrogen and oxygen atoms in total. The van der Waals surface area contributed by atoms with Gasteiger partial charge in [0.1, 0.15) is 29.9 Å². The van der Waals surface area contributed by atoms with E-state index in [0.29, 0.717) is 30.3 Å². The van der Waals surface area contributed by atoms with Crippen molar-refractivity contribution >= 4 is 17.5 Å². The first kappa shape index (κ1) is 19.3. The lowest BCUT2D eigenvalue weighted by molar-refractivity contribution is -0.118. The molecule has 2 aliphatic heterocycles. The van der Waals surface area contributed by atoms with E-state index in [4.69, 9.17) is 9.47 Å². The van der Waals surface area contributed by atoms with Crippen LogP contribution in [0, 0.1) is 18.7 Å². The van der Waals surface area contributed by atoms with Crippen LogP contribution < -0.4 is 15.4 Å². The molecule has 1 unspecified atom stereocenters. The molecule has 3 heterocycles. The number of H-pyrrole nitrogens is 1. The summed E-state index contributed by atoms with van der Waals surface area (Å²) < 4.78 is 25.1. The van der Waals surface area contributed by atoms with E-state index in [1.54, 1.807) is 13.0 Å². The smallest absolute Gasteiger partial charge is 0.289 e. The summed E-state index contributed by atoms with van der Waals surface area (Å²) in [5, 5.41) is 12.9. The number of carbonyl (C=O) groups excluding carboxylic acids is 2. The molecular formula is C19H22FN5O4. The molecule has 0 spiro atoms. The molecule has 2 atom stereocenters. The first-order chi connectivity index (χ1) is 14.0.